The van der Waals surface area contributed by atoms with E-state index >= 15 is 0 Å². The number of aromatic nitrogens is 2. The highest BCUT2D eigenvalue weighted by Gasteiger charge is 1.88. The molecular formula is C10H10N2O2. The van der Waals surface area contributed by atoms with Gasteiger partial charge in [0.15, 0.2) is 0 Å². The normalized spacial score (nSPS) is 8.93. The van der Waals surface area contributed by atoms with Gasteiger partial charge in [0.25, 0.3) is 5.97 Å². The summed E-state index contributed by atoms with van der Waals surface area (Å²) in [4.78, 5) is 17.2. The van der Waals surface area contributed by atoms with Gasteiger partial charge in [-0.2, -0.15) is 0 Å². The molecule has 0 spiro atoms. The molecule has 0 bridgehead atoms. The third-order valence-electron chi connectivity index (χ3n) is 1.37. The van der Waals surface area contributed by atoms with Crippen LogP contribution in [0.1, 0.15) is 6.92 Å². The molecular weight excluding hydrogens is 180 g/mol. The smallest absolute Gasteiger partial charge is 0.300 e. The maximum absolute atomic E-state index is 9.00. The maximum atomic E-state index is 9.00. The Morgan fingerprint density at radius 2 is 1.50 bits per heavy atom. The van der Waals surface area contributed by atoms with Crippen LogP contribution < -0.4 is 0 Å². The summed E-state index contributed by atoms with van der Waals surface area (Å²) >= 11 is 0. The third-order valence-corrected chi connectivity index (χ3v) is 1.37. The summed E-state index contributed by atoms with van der Waals surface area (Å²) in [5, 5.41) is 7.42. The summed E-state index contributed by atoms with van der Waals surface area (Å²) in [7, 11) is 0. The molecule has 0 radical (unpaired) electrons. The Labute approximate surface area is 81.2 Å². The lowest BCUT2D eigenvalue weighted by Crippen LogP contribution is -1.78. The van der Waals surface area contributed by atoms with Gasteiger partial charge in [-0.1, -0.05) is 0 Å². The highest BCUT2D eigenvalue weighted by molar-refractivity contribution is 5.72. The Balaban J connectivity index is 0.000000213. The van der Waals surface area contributed by atoms with E-state index in [0.717, 1.165) is 18.0 Å². The van der Waals surface area contributed by atoms with E-state index in [1.807, 2.05) is 24.3 Å². The molecule has 2 aromatic rings. The number of fused-ring (bicyclic) bond motifs is 1. The number of hydrogen-bond acceptors (Lipinski definition) is 3. The van der Waals surface area contributed by atoms with Crippen LogP contribution in [0.25, 0.3) is 11.0 Å². The lowest BCUT2D eigenvalue weighted by Gasteiger charge is -1.90. The minimum absolute atomic E-state index is 0.833. The van der Waals surface area contributed by atoms with Crippen LogP contribution in [-0.2, 0) is 4.79 Å². The van der Waals surface area contributed by atoms with E-state index in [0.29, 0.717) is 0 Å². The maximum Gasteiger partial charge on any atom is 0.300 e. The average molecular weight is 190 g/mol. The molecule has 0 saturated heterocycles. The quantitative estimate of drug-likeness (QED) is 0.687. The number of carboxylic acids is 1. The molecule has 4 nitrogen and oxygen atoms in total. The van der Waals surface area contributed by atoms with Crippen LogP contribution >= 0.6 is 0 Å². The standard InChI is InChI=1S/C8H6N2.C2H4O2/c1-3-7-8(9-5-1)4-2-6-10-7;1-2(3)4/h1-6H;1H3,(H,3,4). The van der Waals surface area contributed by atoms with Crippen LogP contribution in [0.3, 0.4) is 0 Å². The molecule has 1 N–H and O–H groups in total. The summed E-state index contributed by atoms with van der Waals surface area (Å²) in [6.45, 7) is 1.08. The van der Waals surface area contributed by atoms with Gasteiger partial charge in [-0.3, -0.25) is 14.8 Å². The molecule has 0 aromatic carbocycles. The van der Waals surface area contributed by atoms with Gasteiger partial charge < -0.3 is 5.11 Å². The third kappa shape index (κ3) is 3.18. The molecule has 0 unspecified atom stereocenters. The zero-order valence-electron chi connectivity index (χ0n) is 7.71. The molecule has 2 rings (SSSR count). The van der Waals surface area contributed by atoms with Gasteiger partial charge in [-0.05, 0) is 24.3 Å². The Bertz CT molecular complexity index is 360. The van der Waals surface area contributed by atoms with Crippen molar-refractivity contribution in [2.45, 2.75) is 6.92 Å². The van der Waals surface area contributed by atoms with Gasteiger partial charge in [-0.25, -0.2) is 0 Å². The molecule has 4 heteroatoms. The van der Waals surface area contributed by atoms with E-state index < -0.39 is 5.97 Å². The van der Waals surface area contributed by atoms with E-state index in [9.17, 15) is 0 Å². The van der Waals surface area contributed by atoms with Crippen LogP contribution in [-0.4, -0.2) is 21.0 Å². The second-order valence-electron chi connectivity index (χ2n) is 2.56. The van der Waals surface area contributed by atoms with Crippen molar-refractivity contribution < 1.29 is 9.90 Å². The zero-order chi connectivity index (χ0) is 10.4. The Morgan fingerprint density at radius 1 is 1.14 bits per heavy atom. The number of hydrogen-bond donors (Lipinski definition) is 1. The summed E-state index contributed by atoms with van der Waals surface area (Å²) in [5.74, 6) is -0.833. The Kier molecular flexibility index (Phi) is 3.55. The average Bonchev–Trinajstić information content (AvgIpc) is 2.17. The van der Waals surface area contributed by atoms with Gasteiger partial charge in [0, 0.05) is 19.3 Å². The highest BCUT2D eigenvalue weighted by atomic mass is 16.4. The molecule has 0 aliphatic rings. The second kappa shape index (κ2) is 4.91. The van der Waals surface area contributed by atoms with Crippen LogP contribution in [0.4, 0.5) is 0 Å². The lowest BCUT2D eigenvalue weighted by atomic mass is 10.3. The molecule has 0 aliphatic heterocycles. The minimum Gasteiger partial charge on any atom is -0.481 e. The van der Waals surface area contributed by atoms with Crippen LogP contribution in [0.2, 0.25) is 0 Å². The molecule has 0 aliphatic carbocycles. The molecule has 2 aromatic heterocycles. The topological polar surface area (TPSA) is 63.1 Å². The van der Waals surface area contributed by atoms with Gasteiger partial charge in [-0.15, -0.1) is 0 Å². The molecule has 2 heterocycles. The molecule has 0 amide bonds. The summed E-state index contributed by atoms with van der Waals surface area (Å²) in [5.41, 5.74) is 1.90. The minimum atomic E-state index is -0.833. The molecule has 0 saturated carbocycles. The monoisotopic (exact) mass is 190 g/mol. The van der Waals surface area contributed by atoms with Crippen LogP contribution in [0.5, 0.6) is 0 Å². The molecule has 0 fully saturated rings. The number of nitrogens with zero attached hydrogens (tertiary/aromatic N) is 2. The van der Waals surface area contributed by atoms with Gasteiger partial charge >= 0.3 is 0 Å². The van der Waals surface area contributed by atoms with Crippen molar-refractivity contribution in [1.82, 2.24) is 9.97 Å². The van der Waals surface area contributed by atoms with Crippen molar-refractivity contribution in [2.75, 3.05) is 0 Å². The van der Waals surface area contributed by atoms with E-state index in [1.165, 1.54) is 0 Å². The highest BCUT2D eigenvalue weighted by Crippen LogP contribution is 2.04. The van der Waals surface area contributed by atoms with E-state index in [2.05, 4.69) is 9.97 Å². The number of carbonyl (C=O) groups is 1. The summed E-state index contributed by atoms with van der Waals surface area (Å²) in [6, 6.07) is 7.66. The lowest BCUT2D eigenvalue weighted by molar-refractivity contribution is -0.134. The first-order valence-electron chi connectivity index (χ1n) is 4.05. The van der Waals surface area contributed by atoms with Crippen molar-refractivity contribution in [3.05, 3.63) is 36.7 Å². The van der Waals surface area contributed by atoms with E-state index in [-0.39, 0.29) is 0 Å². The summed E-state index contributed by atoms with van der Waals surface area (Å²) < 4.78 is 0. The second-order valence-corrected chi connectivity index (χ2v) is 2.56. The Hall–Kier alpha value is -1.97. The Morgan fingerprint density at radius 3 is 1.86 bits per heavy atom. The first kappa shape index (κ1) is 10.1. The van der Waals surface area contributed by atoms with Gasteiger partial charge in [0.05, 0.1) is 11.0 Å². The number of rotatable bonds is 0. The van der Waals surface area contributed by atoms with E-state index in [4.69, 9.17) is 9.90 Å². The van der Waals surface area contributed by atoms with Crippen molar-refractivity contribution in [3.8, 4) is 0 Å². The molecule has 14 heavy (non-hydrogen) atoms. The van der Waals surface area contributed by atoms with Crippen molar-refractivity contribution >= 4 is 17.0 Å². The van der Waals surface area contributed by atoms with Gasteiger partial charge in [0.2, 0.25) is 0 Å². The first-order valence-corrected chi connectivity index (χ1v) is 4.05. The van der Waals surface area contributed by atoms with Crippen molar-refractivity contribution in [1.29, 1.82) is 0 Å². The molecule has 0 atom stereocenters. The fourth-order valence-corrected chi connectivity index (χ4v) is 0.904. The molecule has 72 valence electrons. The zero-order valence-corrected chi connectivity index (χ0v) is 7.71. The predicted molar refractivity (Wildman–Crippen MR) is 52.8 cm³/mol. The SMILES string of the molecule is CC(=O)O.c1cnc2cccnc2c1. The first-order chi connectivity index (χ1) is 6.70. The fraction of sp³-hybridized carbons (Fsp3) is 0.100. The van der Waals surface area contributed by atoms with E-state index in [1.54, 1.807) is 12.4 Å². The number of carboxylic acid groups (broad SMARTS) is 1. The van der Waals surface area contributed by atoms with Crippen molar-refractivity contribution in [3.63, 3.8) is 0 Å². The van der Waals surface area contributed by atoms with Crippen LogP contribution in [0.15, 0.2) is 36.7 Å². The fourth-order valence-electron chi connectivity index (χ4n) is 0.904. The van der Waals surface area contributed by atoms with Gasteiger partial charge in [0.1, 0.15) is 0 Å². The largest absolute Gasteiger partial charge is 0.481 e. The van der Waals surface area contributed by atoms with Crippen molar-refractivity contribution in [2.24, 2.45) is 0 Å². The predicted octanol–water partition coefficient (Wildman–Crippen LogP) is 1.72. The summed E-state index contributed by atoms with van der Waals surface area (Å²) in [6.07, 6.45) is 3.54. The number of pyridine rings is 2. The van der Waals surface area contributed by atoms with Crippen LogP contribution in [0, 0.1) is 0 Å². The number of aliphatic carboxylic acids is 1.